The summed E-state index contributed by atoms with van der Waals surface area (Å²) in [7, 11) is 5.14. The van der Waals surface area contributed by atoms with Crippen molar-refractivity contribution in [3.05, 3.63) is 35.4 Å². The van der Waals surface area contributed by atoms with Crippen LogP contribution in [0.25, 0.3) is 10.8 Å². The molecule has 0 unspecified atom stereocenters. The van der Waals surface area contributed by atoms with E-state index in [4.69, 9.17) is 9.47 Å². The number of hydrogen-bond acceptors (Lipinski definition) is 4. The number of benzene rings is 2. The number of anilines is 1. The Bertz CT molecular complexity index is 709. The van der Waals surface area contributed by atoms with E-state index < -0.39 is 0 Å². The van der Waals surface area contributed by atoms with Gasteiger partial charge in [0.05, 0.1) is 19.8 Å². The monoisotopic (exact) mass is 285 g/mol. The first-order valence-electron chi connectivity index (χ1n) is 7.08. The van der Waals surface area contributed by atoms with E-state index in [2.05, 4.69) is 11.9 Å². The molecule has 0 aliphatic carbocycles. The van der Waals surface area contributed by atoms with Crippen LogP contribution in [0.4, 0.5) is 5.69 Å². The Labute approximate surface area is 124 Å². The first-order chi connectivity index (χ1) is 10.2. The molecule has 0 saturated carbocycles. The van der Waals surface area contributed by atoms with Gasteiger partial charge in [0.2, 0.25) is 0 Å². The summed E-state index contributed by atoms with van der Waals surface area (Å²) in [5.41, 5.74) is 3.04. The maximum absolute atomic E-state index is 12.1. The lowest BCUT2D eigenvalue weighted by atomic mass is 9.93. The van der Waals surface area contributed by atoms with E-state index in [0.717, 1.165) is 35.9 Å². The average molecular weight is 285 g/mol. The Morgan fingerprint density at radius 1 is 1.19 bits per heavy atom. The van der Waals surface area contributed by atoms with Crippen LogP contribution in [0.5, 0.6) is 5.75 Å². The first kappa shape index (κ1) is 13.7. The molecule has 0 spiro atoms. The number of esters is 1. The molecule has 0 radical (unpaired) electrons. The summed E-state index contributed by atoms with van der Waals surface area (Å²) in [4.78, 5) is 14.4. The predicted molar refractivity (Wildman–Crippen MR) is 83.4 cm³/mol. The third-order valence-corrected chi connectivity index (χ3v) is 4.12. The number of aryl methyl sites for hydroxylation is 1. The SMILES string of the molecule is COC(=O)c1cc2c(c3ccc(OC)cc13)N(C)CCC2. The number of rotatable bonds is 2. The molecule has 2 aromatic carbocycles. The number of fused-ring (bicyclic) bond motifs is 3. The molecule has 0 fully saturated rings. The van der Waals surface area contributed by atoms with Crippen LogP contribution in [0.15, 0.2) is 24.3 Å². The van der Waals surface area contributed by atoms with Gasteiger partial charge in [-0.1, -0.05) is 0 Å². The number of carbonyl (C=O) groups excluding carboxylic acids is 1. The van der Waals surface area contributed by atoms with Crippen molar-refractivity contribution in [3.8, 4) is 5.75 Å². The van der Waals surface area contributed by atoms with E-state index in [0.29, 0.717) is 5.56 Å². The van der Waals surface area contributed by atoms with Gasteiger partial charge in [-0.05, 0) is 42.7 Å². The van der Waals surface area contributed by atoms with Crippen LogP contribution in [0, 0.1) is 0 Å². The highest BCUT2D eigenvalue weighted by atomic mass is 16.5. The van der Waals surface area contributed by atoms with E-state index in [1.54, 1.807) is 7.11 Å². The van der Waals surface area contributed by atoms with Crippen molar-refractivity contribution in [2.45, 2.75) is 12.8 Å². The van der Waals surface area contributed by atoms with Crippen LogP contribution >= 0.6 is 0 Å². The first-order valence-corrected chi connectivity index (χ1v) is 7.08. The minimum Gasteiger partial charge on any atom is -0.497 e. The van der Waals surface area contributed by atoms with Gasteiger partial charge in [-0.2, -0.15) is 0 Å². The van der Waals surface area contributed by atoms with E-state index in [-0.39, 0.29) is 5.97 Å². The van der Waals surface area contributed by atoms with Gasteiger partial charge in [0.15, 0.2) is 0 Å². The van der Waals surface area contributed by atoms with Gasteiger partial charge in [-0.15, -0.1) is 0 Å². The van der Waals surface area contributed by atoms with Crippen molar-refractivity contribution in [3.63, 3.8) is 0 Å². The largest absolute Gasteiger partial charge is 0.497 e. The third kappa shape index (κ3) is 2.20. The highest BCUT2D eigenvalue weighted by molar-refractivity contribution is 6.10. The standard InChI is InChI=1S/C17H19NO3/c1-18-8-4-5-11-9-15(17(19)21-3)14-10-12(20-2)6-7-13(14)16(11)18/h6-7,9-10H,4-5,8H2,1-3H3. The maximum Gasteiger partial charge on any atom is 0.338 e. The Morgan fingerprint density at radius 2 is 2.00 bits per heavy atom. The van der Waals surface area contributed by atoms with E-state index in [9.17, 15) is 4.79 Å². The van der Waals surface area contributed by atoms with Crippen LogP contribution < -0.4 is 9.64 Å². The molecule has 0 atom stereocenters. The minimum atomic E-state index is -0.302. The lowest BCUT2D eigenvalue weighted by Crippen LogP contribution is -2.25. The smallest absolute Gasteiger partial charge is 0.338 e. The van der Waals surface area contributed by atoms with Gasteiger partial charge in [-0.25, -0.2) is 4.79 Å². The van der Waals surface area contributed by atoms with Crippen molar-refractivity contribution in [2.24, 2.45) is 0 Å². The third-order valence-electron chi connectivity index (χ3n) is 4.12. The summed E-state index contributed by atoms with van der Waals surface area (Å²) in [5, 5.41) is 1.96. The second kappa shape index (κ2) is 5.28. The molecule has 0 saturated heterocycles. The Morgan fingerprint density at radius 3 is 2.71 bits per heavy atom. The summed E-state index contributed by atoms with van der Waals surface area (Å²) in [6.07, 6.45) is 2.09. The fraction of sp³-hybridized carbons (Fsp3) is 0.353. The second-order valence-corrected chi connectivity index (χ2v) is 5.36. The molecule has 1 heterocycles. The van der Waals surface area contributed by atoms with Gasteiger partial charge in [0.25, 0.3) is 0 Å². The van der Waals surface area contributed by atoms with E-state index >= 15 is 0 Å². The van der Waals surface area contributed by atoms with Crippen molar-refractivity contribution < 1.29 is 14.3 Å². The summed E-state index contributed by atoms with van der Waals surface area (Å²) in [6.45, 7) is 1.03. The molecule has 4 nitrogen and oxygen atoms in total. The van der Waals surface area contributed by atoms with Crippen LogP contribution in [0.1, 0.15) is 22.3 Å². The van der Waals surface area contributed by atoms with Crippen molar-refractivity contribution in [2.75, 3.05) is 32.7 Å². The summed E-state index contributed by atoms with van der Waals surface area (Å²) in [5.74, 6) is 0.440. The fourth-order valence-corrected chi connectivity index (χ4v) is 3.11. The molecular formula is C17H19NO3. The normalized spacial score (nSPS) is 14.0. The van der Waals surface area contributed by atoms with Crippen LogP contribution in [-0.4, -0.2) is 33.8 Å². The zero-order valence-electron chi connectivity index (χ0n) is 12.6. The number of hydrogen-bond donors (Lipinski definition) is 0. The summed E-state index contributed by atoms with van der Waals surface area (Å²) < 4.78 is 10.2. The fourth-order valence-electron chi connectivity index (χ4n) is 3.11. The molecule has 3 rings (SSSR count). The van der Waals surface area contributed by atoms with Gasteiger partial charge in [-0.3, -0.25) is 0 Å². The Kier molecular flexibility index (Phi) is 3.45. The van der Waals surface area contributed by atoms with Gasteiger partial charge < -0.3 is 14.4 Å². The molecule has 0 bridgehead atoms. The molecule has 2 aromatic rings. The molecule has 110 valence electrons. The van der Waals surface area contributed by atoms with Gasteiger partial charge >= 0.3 is 5.97 Å². The molecule has 1 aliphatic heterocycles. The maximum atomic E-state index is 12.1. The second-order valence-electron chi connectivity index (χ2n) is 5.36. The Balaban J connectivity index is 2.35. The highest BCUT2D eigenvalue weighted by Gasteiger charge is 2.22. The molecule has 0 N–H and O–H groups in total. The highest BCUT2D eigenvalue weighted by Crippen LogP contribution is 2.38. The number of ether oxygens (including phenoxy) is 2. The number of carbonyl (C=O) groups is 1. The molecule has 4 heteroatoms. The van der Waals surface area contributed by atoms with Crippen molar-refractivity contribution in [1.82, 2.24) is 0 Å². The predicted octanol–water partition coefficient (Wildman–Crippen LogP) is 3.02. The molecule has 1 aliphatic rings. The molecule has 0 aromatic heterocycles. The van der Waals surface area contributed by atoms with Crippen molar-refractivity contribution >= 4 is 22.4 Å². The minimum absolute atomic E-state index is 0.302. The van der Waals surface area contributed by atoms with Crippen molar-refractivity contribution in [1.29, 1.82) is 0 Å². The summed E-state index contributed by atoms with van der Waals surface area (Å²) in [6, 6.07) is 7.84. The lowest BCUT2D eigenvalue weighted by molar-refractivity contribution is 0.0603. The van der Waals surface area contributed by atoms with Crippen LogP contribution in [0.2, 0.25) is 0 Å². The molecule has 21 heavy (non-hydrogen) atoms. The number of nitrogens with zero attached hydrogens (tertiary/aromatic N) is 1. The van der Waals surface area contributed by atoms with E-state index in [1.165, 1.54) is 18.4 Å². The van der Waals surface area contributed by atoms with Crippen LogP contribution in [-0.2, 0) is 11.2 Å². The zero-order valence-corrected chi connectivity index (χ0v) is 12.6. The Hall–Kier alpha value is -2.23. The van der Waals surface area contributed by atoms with Gasteiger partial charge in [0, 0.05) is 30.1 Å². The average Bonchev–Trinajstić information content (AvgIpc) is 2.52. The topological polar surface area (TPSA) is 38.8 Å². The van der Waals surface area contributed by atoms with Crippen LogP contribution in [0.3, 0.4) is 0 Å². The quantitative estimate of drug-likeness (QED) is 0.795. The lowest BCUT2D eigenvalue weighted by Gasteiger charge is -2.29. The summed E-state index contributed by atoms with van der Waals surface area (Å²) >= 11 is 0. The molecular weight excluding hydrogens is 266 g/mol. The van der Waals surface area contributed by atoms with E-state index in [1.807, 2.05) is 24.3 Å². The molecule has 0 amide bonds. The number of methoxy groups -OCH3 is 2. The zero-order chi connectivity index (χ0) is 15.0. The van der Waals surface area contributed by atoms with Gasteiger partial charge in [0.1, 0.15) is 5.75 Å².